The molecule has 1 aromatic rings. The van der Waals surface area contributed by atoms with E-state index in [2.05, 4.69) is 5.10 Å². The van der Waals surface area contributed by atoms with Gasteiger partial charge in [0.1, 0.15) is 0 Å². The summed E-state index contributed by atoms with van der Waals surface area (Å²) in [6.45, 7) is 3.94. The van der Waals surface area contributed by atoms with Gasteiger partial charge in [0.2, 0.25) is 0 Å². The second kappa shape index (κ2) is 3.08. The molecule has 0 saturated heterocycles. The fourth-order valence-corrected chi connectivity index (χ4v) is 2.03. The molecule has 4 nitrogen and oxygen atoms in total. The largest absolute Gasteiger partial charge is 0.481 e. The number of nitrogens with zero attached hydrogens (tertiary/aromatic N) is 2. The van der Waals surface area contributed by atoms with Gasteiger partial charge in [-0.1, -0.05) is 0 Å². The van der Waals surface area contributed by atoms with Gasteiger partial charge in [-0.2, -0.15) is 5.10 Å². The maximum absolute atomic E-state index is 11.1. The van der Waals surface area contributed by atoms with Crippen molar-refractivity contribution in [3.8, 4) is 0 Å². The zero-order chi connectivity index (χ0) is 11.2. The van der Waals surface area contributed by atoms with Gasteiger partial charge in [-0.05, 0) is 38.7 Å². The Kier molecular flexibility index (Phi) is 2.10. The van der Waals surface area contributed by atoms with Crippen LogP contribution in [-0.4, -0.2) is 20.9 Å². The van der Waals surface area contributed by atoms with Gasteiger partial charge in [-0.15, -0.1) is 0 Å². The molecule has 0 bridgehead atoms. The third-order valence-corrected chi connectivity index (χ3v) is 3.48. The van der Waals surface area contributed by atoms with E-state index in [1.807, 2.05) is 25.6 Å². The van der Waals surface area contributed by atoms with Crippen LogP contribution in [0.3, 0.4) is 0 Å². The Labute approximate surface area is 88.9 Å². The van der Waals surface area contributed by atoms with Gasteiger partial charge in [0.05, 0.1) is 11.1 Å². The van der Waals surface area contributed by atoms with E-state index in [9.17, 15) is 4.79 Å². The summed E-state index contributed by atoms with van der Waals surface area (Å²) in [5, 5.41) is 13.4. The predicted molar refractivity (Wildman–Crippen MR) is 55.7 cm³/mol. The lowest BCUT2D eigenvalue weighted by molar-refractivity contribution is -0.143. The number of rotatable bonds is 3. The molecule has 2 rings (SSSR count). The number of carbonyl (C=O) groups is 1. The molecule has 0 radical (unpaired) electrons. The molecule has 1 aliphatic carbocycles. The van der Waals surface area contributed by atoms with E-state index in [1.54, 1.807) is 0 Å². The molecule has 15 heavy (non-hydrogen) atoms. The van der Waals surface area contributed by atoms with Crippen LogP contribution in [0.5, 0.6) is 0 Å². The maximum Gasteiger partial charge on any atom is 0.309 e. The highest BCUT2D eigenvalue weighted by atomic mass is 16.4. The van der Waals surface area contributed by atoms with Crippen molar-refractivity contribution in [2.45, 2.75) is 33.1 Å². The van der Waals surface area contributed by atoms with Crippen molar-refractivity contribution in [1.29, 1.82) is 0 Å². The van der Waals surface area contributed by atoms with Gasteiger partial charge in [0.15, 0.2) is 0 Å². The molecule has 82 valence electrons. The summed E-state index contributed by atoms with van der Waals surface area (Å²) in [4.78, 5) is 11.1. The number of carboxylic acid groups (broad SMARTS) is 1. The van der Waals surface area contributed by atoms with E-state index in [-0.39, 0.29) is 0 Å². The Morgan fingerprint density at radius 3 is 2.47 bits per heavy atom. The van der Waals surface area contributed by atoms with Crippen LogP contribution >= 0.6 is 0 Å². The highest BCUT2D eigenvalue weighted by Crippen LogP contribution is 2.49. The van der Waals surface area contributed by atoms with Crippen LogP contribution in [0.4, 0.5) is 0 Å². The molecule has 1 aromatic heterocycles. The van der Waals surface area contributed by atoms with E-state index < -0.39 is 11.4 Å². The minimum absolute atomic E-state index is 0.488. The third kappa shape index (κ3) is 1.54. The Bertz CT molecular complexity index is 416. The first-order valence-corrected chi connectivity index (χ1v) is 5.19. The second-order valence-corrected chi connectivity index (χ2v) is 4.54. The summed E-state index contributed by atoms with van der Waals surface area (Å²) in [6.07, 6.45) is 2.24. The average molecular weight is 208 g/mol. The Hall–Kier alpha value is -1.32. The number of aryl methyl sites for hydroxylation is 2. The number of hydrogen-bond acceptors (Lipinski definition) is 2. The lowest BCUT2D eigenvalue weighted by atomic mass is 9.95. The van der Waals surface area contributed by atoms with Crippen LogP contribution in [0.15, 0.2) is 0 Å². The first kappa shape index (κ1) is 10.2. The van der Waals surface area contributed by atoms with E-state index in [0.29, 0.717) is 6.42 Å². The fourth-order valence-electron chi connectivity index (χ4n) is 2.03. The molecule has 0 aromatic carbocycles. The topological polar surface area (TPSA) is 55.1 Å². The van der Waals surface area contributed by atoms with Crippen molar-refractivity contribution in [3.05, 3.63) is 17.0 Å². The smallest absolute Gasteiger partial charge is 0.309 e. The normalized spacial score (nSPS) is 17.8. The molecule has 4 heteroatoms. The number of aliphatic carboxylic acids is 1. The molecule has 1 fully saturated rings. The predicted octanol–water partition coefficient (Wildman–Crippen LogP) is 1.44. The lowest BCUT2D eigenvalue weighted by Crippen LogP contribution is -2.18. The van der Waals surface area contributed by atoms with Crippen molar-refractivity contribution in [2.75, 3.05) is 0 Å². The van der Waals surface area contributed by atoms with E-state index >= 15 is 0 Å². The molecule has 0 amide bonds. The van der Waals surface area contributed by atoms with Crippen LogP contribution in [0.25, 0.3) is 0 Å². The average Bonchev–Trinajstić information content (AvgIpc) is 2.89. The standard InChI is InChI=1S/C11H16N2O2/c1-7-9(8(2)13(3)12-7)6-11(4-5-11)10(14)15/h4-6H2,1-3H3,(H,14,15). The highest BCUT2D eigenvalue weighted by Gasteiger charge is 2.50. The zero-order valence-corrected chi connectivity index (χ0v) is 9.37. The summed E-state index contributed by atoms with van der Waals surface area (Å²) < 4.78 is 1.82. The van der Waals surface area contributed by atoms with Crippen LogP contribution in [0, 0.1) is 19.3 Å². The van der Waals surface area contributed by atoms with Crippen LogP contribution in [0.1, 0.15) is 29.8 Å². The molecular weight excluding hydrogens is 192 g/mol. The van der Waals surface area contributed by atoms with Gasteiger partial charge in [-0.3, -0.25) is 9.48 Å². The Balaban J connectivity index is 2.28. The van der Waals surface area contributed by atoms with Crippen LogP contribution < -0.4 is 0 Å². The first-order valence-electron chi connectivity index (χ1n) is 5.19. The third-order valence-electron chi connectivity index (χ3n) is 3.48. The van der Waals surface area contributed by atoms with Crippen LogP contribution in [0.2, 0.25) is 0 Å². The molecule has 1 N–H and O–H groups in total. The van der Waals surface area contributed by atoms with Crippen molar-refractivity contribution in [1.82, 2.24) is 9.78 Å². The molecular formula is C11H16N2O2. The Morgan fingerprint density at radius 2 is 2.13 bits per heavy atom. The van der Waals surface area contributed by atoms with Crippen molar-refractivity contribution < 1.29 is 9.90 Å². The van der Waals surface area contributed by atoms with E-state index in [0.717, 1.165) is 29.8 Å². The van der Waals surface area contributed by atoms with E-state index in [1.165, 1.54) is 0 Å². The van der Waals surface area contributed by atoms with Crippen molar-refractivity contribution in [2.24, 2.45) is 12.5 Å². The van der Waals surface area contributed by atoms with Crippen molar-refractivity contribution >= 4 is 5.97 Å². The number of aromatic nitrogens is 2. The number of hydrogen-bond donors (Lipinski definition) is 1. The molecule has 1 heterocycles. The SMILES string of the molecule is Cc1nn(C)c(C)c1CC1(C(=O)O)CC1. The Morgan fingerprint density at radius 1 is 1.53 bits per heavy atom. The fraction of sp³-hybridized carbons (Fsp3) is 0.636. The molecule has 0 aliphatic heterocycles. The van der Waals surface area contributed by atoms with Gasteiger partial charge in [0.25, 0.3) is 0 Å². The summed E-state index contributed by atoms with van der Waals surface area (Å²) in [7, 11) is 1.90. The maximum atomic E-state index is 11.1. The molecule has 1 aliphatic rings. The number of carboxylic acids is 1. The minimum Gasteiger partial charge on any atom is -0.481 e. The molecule has 0 atom stereocenters. The molecule has 1 saturated carbocycles. The molecule has 0 unspecified atom stereocenters. The summed E-state index contributed by atoms with van der Waals surface area (Å²) in [5.74, 6) is -0.662. The van der Waals surface area contributed by atoms with Gasteiger partial charge in [0, 0.05) is 12.7 Å². The highest BCUT2D eigenvalue weighted by molar-refractivity contribution is 5.78. The van der Waals surface area contributed by atoms with E-state index in [4.69, 9.17) is 5.11 Å². The van der Waals surface area contributed by atoms with Gasteiger partial charge >= 0.3 is 5.97 Å². The quantitative estimate of drug-likeness (QED) is 0.817. The minimum atomic E-state index is -0.662. The molecule has 0 spiro atoms. The summed E-state index contributed by atoms with van der Waals surface area (Å²) in [5.41, 5.74) is 2.67. The first-order chi connectivity index (χ1) is 6.96. The van der Waals surface area contributed by atoms with Gasteiger partial charge in [-0.25, -0.2) is 0 Å². The monoisotopic (exact) mass is 208 g/mol. The van der Waals surface area contributed by atoms with Crippen LogP contribution in [-0.2, 0) is 18.3 Å². The van der Waals surface area contributed by atoms with Gasteiger partial charge < -0.3 is 5.11 Å². The lowest BCUT2D eigenvalue weighted by Gasteiger charge is -2.09. The van der Waals surface area contributed by atoms with Crippen molar-refractivity contribution in [3.63, 3.8) is 0 Å². The zero-order valence-electron chi connectivity index (χ0n) is 9.37. The second-order valence-electron chi connectivity index (χ2n) is 4.54. The summed E-state index contributed by atoms with van der Waals surface area (Å²) >= 11 is 0. The summed E-state index contributed by atoms with van der Waals surface area (Å²) in [6, 6.07) is 0.